The summed E-state index contributed by atoms with van der Waals surface area (Å²) in [5, 5.41) is 18.1. The zero-order valence-electron chi connectivity index (χ0n) is 9.39. The largest absolute Gasteiger partial charge is 0.391 e. The van der Waals surface area contributed by atoms with E-state index < -0.39 is 0 Å². The second kappa shape index (κ2) is 4.35. The molecule has 4 nitrogen and oxygen atoms in total. The minimum atomic E-state index is -0.102. The summed E-state index contributed by atoms with van der Waals surface area (Å²) in [5.41, 5.74) is -0.102. The third-order valence-corrected chi connectivity index (χ3v) is 3.53. The van der Waals surface area contributed by atoms with Crippen molar-refractivity contribution in [3.63, 3.8) is 0 Å². The Morgan fingerprint density at radius 3 is 2.07 bits per heavy atom. The number of aliphatic hydroxyl groups excluding tert-OH is 2. The summed E-state index contributed by atoms with van der Waals surface area (Å²) < 4.78 is 0.706. The molecular formula is C11H21N2O2+. The average Bonchev–Trinajstić information content (AvgIpc) is 2.75. The fourth-order valence-corrected chi connectivity index (χ4v) is 2.47. The van der Waals surface area contributed by atoms with Crippen LogP contribution >= 0.6 is 0 Å². The third-order valence-electron chi connectivity index (χ3n) is 3.53. The molecule has 1 aliphatic rings. The van der Waals surface area contributed by atoms with Gasteiger partial charge in [0.1, 0.15) is 13.1 Å². The van der Waals surface area contributed by atoms with Crippen LogP contribution in [0.25, 0.3) is 0 Å². The standard InChI is InChI=1S/C11H21N2O2/c1-4-12(5-2)11(3)10-13(11,6-8-14)7-9-15/h4-5,14-15H,1-2,6-10H2,3H3/q+1. The molecule has 0 radical (unpaired) electrons. The van der Waals surface area contributed by atoms with Crippen molar-refractivity contribution >= 4 is 0 Å². The Balaban J connectivity index is 2.80. The highest BCUT2D eigenvalue weighted by Crippen LogP contribution is 2.45. The van der Waals surface area contributed by atoms with Crippen molar-refractivity contribution in [3.05, 3.63) is 25.6 Å². The first kappa shape index (κ1) is 12.2. The maximum atomic E-state index is 9.06. The van der Waals surface area contributed by atoms with Crippen LogP contribution in [0.3, 0.4) is 0 Å². The van der Waals surface area contributed by atoms with E-state index in [0.717, 1.165) is 6.54 Å². The topological polar surface area (TPSA) is 43.7 Å². The minimum Gasteiger partial charge on any atom is -0.391 e. The zero-order valence-corrected chi connectivity index (χ0v) is 9.39. The van der Waals surface area contributed by atoms with Crippen LogP contribution in [-0.4, -0.2) is 58.1 Å². The second-order valence-corrected chi connectivity index (χ2v) is 4.19. The summed E-state index contributed by atoms with van der Waals surface area (Å²) in [5.74, 6) is 0. The van der Waals surface area contributed by atoms with E-state index >= 15 is 0 Å². The Bertz CT molecular complexity index is 241. The zero-order chi connectivity index (χ0) is 11.5. The van der Waals surface area contributed by atoms with Gasteiger partial charge in [0.15, 0.2) is 6.54 Å². The summed E-state index contributed by atoms with van der Waals surface area (Å²) in [4.78, 5) is 1.96. The number of nitrogens with zero attached hydrogens (tertiary/aromatic N) is 2. The van der Waals surface area contributed by atoms with E-state index in [4.69, 9.17) is 10.2 Å². The molecule has 4 heteroatoms. The fraction of sp³-hybridized carbons (Fsp3) is 0.636. The SMILES string of the molecule is C=CN(C=C)C1(C)C[N+]1(CCO)CCO. The van der Waals surface area contributed by atoms with Gasteiger partial charge in [0, 0.05) is 19.3 Å². The molecule has 0 amide bonds. The van der Waals surface area contributed by atoms with Gasteiger partial charge in [-0.1, -0.05) is 13.2 Å². The van der Waals surface area contributed by atoms with Gasteiger partial charge >= 0.3 is 0 Å². The first-order chi connectivity index (χ1) is 7.10. The van der Waals surface area contributed by atoms with Gasteiger partial charge in [-0.25, -0.2) is 0 Å². The molecule has 0 saturated carbocycles. The van der Waals surface area contributed by atoms with E-state index in [1.807, 2.05) is 4.90 Å². The van der Waals surface area contributed by atoms with E-state index in [2.05, 4.69) is 20.1 Å². The summed E-state index contributed by atoms with van der Waals surface area (Å²) in [6.07, 6.45) is 3.48. The Morgan fingerprint density at radius 1 is 1.27 bits per heavy atom. The van der Waals surface area contributed by atoms with E-state index in [-0.39, 0.29) is 18.9 Å². The summed E-state index contributed by atoms with van der Waals surface area (Å²) in [6.45, 7) is 12.1. The van der Waals surface area contributed by atoms with Crippen molar-refractivity contribution in [2.24, 2.45) is 0 Å². The predicted octanol–water partition coefficient (Wildman–Crippen LogP) is 0.107. The molecule has 2 N–H and O–H groups in total. The minimum absolute atomic E-state index is 0.102. The molecule has 0 aromatic heterocycles. The molecule has 1 atom stereocenters. The third kappa shape index (κ3) is 1.80. The molecule has 0 aromatic rings. The number of aliphatic hydroxyl groups is 2. The predicted molar refractivity (Wildman–Crippen MR) is 59.7 cm³/mol. The van der Waals surface area contributed by atoms with Gasteiger partial charge in [0.05, 0.1) is 13.2 Å². The van der Waals surface area contributed by atoms with Crippen LogP contribution in [0.2, 0.25) is 0 Å². The van der Waals surface area contributed by atoms with Crippen molar-refractivity contribution in [3.8, 4) is 0 Å². The maximum absolute atomic E-state index is 9.06. The molecule has 0 aliphatic carbocycles. The van der Waals surface area contributed by atoms with Crippen molar-refractivity contribution in [1.82, 2.24) is 4.90 Å². The number of rotatable bonds is 7. The second-order valence-electron chi connectivity index (χ2n) is 4.19. The van der Waals surface area contributed by atoms with Crippen LogP contribution in [-0.2, 0) is 0 Å². The van der Waals surface area contributed by atoms with Gasteiger partial charge in [0.25, 0.3) is 0 Å². The summed E-state index contributed by atoms with van der Waals surface area (Å²) in [6, 6.07) is 0. The maximum Gasteiger partial charge on any atom is 0.225 e. The average molecular weight is 213 g/mol. The normalized spacial score (nSPS) is 27.1. The quantitative estimate of drug-likeness (QED) is 0.466. The van der Waals surface area contributed by atoms with Crippen LogP contribution in [0.1, 0.15) is 6.92 Å². The monoisotopic (exact) mass is 213 g/mol. The van der Waals surface area contributed by atoms with Crippen molar-refractivity contribution < 1.29 is 14.7 Å². The lowest BCUT2D eigenvalue weighted by atomic mass is 10.3. The van der Waals surface area contributed by atoms with E-state index in [1.165, 1.54) is 0 Å². The number of hydrogen-bond donors (Lipinski definition) is 2. The molecule has 1 fully saturated rings. The van der Waals surface area contributed by atoms with Crippen LogP contribution in [0, 0.1) is 0 Å². The molecule has 1 unspecified atom stereocenters. The van der Waals surface area contributed by atoms with Crippen LogP contribution in [0.4, 0.5) is 0 Å². The van der Waals surface area contributed by atoms with Crippen molar-refractivity contribution in [2.45, 2.75) is 12.6 Å². The van der Waals surface area contributed by atoms with E-state index in [9.17, 15) is 0 Å². The molecule has 1 saturated heterocycles. The van der Waals surface area contributed by atoms with Crippen LogP contribution < -0.4 is 0 Å². The molecule has 0 aromatic carbocycles. The van der Waals surface area contributed by atoms with Crippen LogP contribution in [0.5, 0.6) is 0 Å². The number of quaternary nitrogens is 1. The van der Waals surface area contributed by atoms with Gasteiger partial charge in [-0.2, -0.15) is 0 Å². The van der Waals surface area contributed by atoms with Crippen LogP contribution in [0.15, 0.2) is 25.6 Å². The summed E-state index contributed by atoms with van der Waals surface area (Å²) in [7, 11) is 0. The molecule has 0 spiro atoms. The molecule has 1 aliphatic heterocycles. The van der Waals surface area contributed by atoms with Crippen molar-refractivity contribution in [1.29, 1.82) is 0 Å². The highest BCUT2D eigenvalue weighted by Gasteiger charge is 2.68. The Labute approximate surface area is 91.3 Å². The summed E-state index contributed by atoms with van der Waals surface area (Å²) >= 11 is 0. The first-order valence-electron chi connectivity index (χ1n) is 5.21. The van der Waals surface area contributed by atoms with Crippen molar-refractivity contribution in [2.75, 3.05) is 32.8 Å². The van der Waals surface area contributed by atoms with Gasteiger partial charge in [0.2, 0.25) is 5.66 Å². The number of hydrogen-bond acceptors (Lipinski definition) is 3. The molecule has 1 rings (SSSR count). The fourth-order valence-electron chi connectivity index (χ4n) is 2.47. The molecule has 0 bridgehead atoms. The Kier molecular flexibility index (Phi) is 3.54. The molecule has 1 heterocycles. The van der Waals surface area contributed by atoms with Gasteiger partial charge in [-0.05, 0) is 0 Å². The van der Waals surface area contributed by atoms with Gasteiger partial charge in [-0.3, -0.25) is 9.38 Å². The lowest BCUT2D eigenvalue weighted by molar-refractivity contribution is -0.837. The van der Waals surface area contributed by atoms with Gasteiger partial charge < -0.3 is 10.2 Å². The molecular weight excluding hydrogens is 192 g/mol. The Hall–Kier alpha value is -0.840. The van der Waals surface area contributed by atoms with Gasteiger partial charge in [-0.15, -0.1) is 0 Å². The lowest BCUT2D eigenvalue weighted by Gasteiger charge is -2.28. The lowest BCUT2D eigenvalue weighted by Crippen LogP contribution is -2.45. The first-order valence-corrected chi connectivity index (χ1v) is 5.21. The Morgan fingerprint density at radius 2 is 1.73 bits per heavy atom. The smallest absolute Gasteiger partial charge is 0.225 e. The van der Waals surface area contributed by atoms with E-state index in [0.29, 0.717) is 17.6 Å². The highest BCUT2D eigenvalue weighted by atomic mass is 16.3. The highest BCUT2D eigenvalue weighted by molar-refractivity contribution is 4.99. The molecule has 86 valence electrons. The van der Waals surface area contributed by atoms with E-state index in [1.54, 1.807) is 12.4 Å². The molecule has 15 heavy (non-hydrogen) atoms.